The van der Waals surface area contributed by atoms with E-state index in [-0.39, 0.29) is 17.4 Å². The Balaban J connectivity index is 1.67. The number of rotatable bonds is 4. The molecule has 1 amide bonds. The van der Waals surface area contributed by atoms with E-state index in [0.717, 1.165) is 11.1 Å². The van der Waals surface area contributed by atoms with E-state index < -0.39 is 0 Å². The van der Waals surface area contributed by atoms with E-state index in [1.165, 1.54) is 5.56 Å². The maximum absolute atomic E-state index is 12.1. The fraction of sp³-hybridized carbons (Fsp3) is 0.105. The van der Waals surface area contributed by atoms with Crippen LogP contribution in [0.5, 0.6) is 5.75 Å². The van der Waals surface area contributed by atoms with Crippen LogP contribution in [-0.2, 0) is 6.54 Å². The SMILES string of the molecule is Cc1ccc(CNC(=O)c2ccc(-c3cccc(O)c3)o2)cc1. The van der Waals surface area contributed by atoms with Crippen molar-refractivity contribution in [1.29, 1.82) is 0 Å². The third kappa shape index (κ3) is 3.61. The molecule has 2 aromatic carbocycles. The van der Waals surface area contributed by atoms with Crippen molar-refractivity contribution in [3.63, 3.8) is 0 Å². The van der Waals surface area contributed by atoms with E-state index in [1.54, 1.807) is 30.3 Å². The zero-order chi connectivity index (χ0) is 16.2. The Morgan fingerprint density at radius 2 is 1.87 bits per heavy atom. The van der Waals surface area contributed by atoms with Crippen molar-refractivity contribution < 1.29 is 14.3 Å². The lowest BCUT2D eigenvalue weighted by Gasteiger charge is -2.04. The van der Waals surface area contributed by atoms with Gasteiger partial charge in [0.25, 0.3) is 5.91 Å². The molecular formula is C19H17NO3. The Bertz CT molecular complexity index is 819. The van der Waals surface area contributed by atoms with Gasteiger partial charge in [-0.1, -0.05) is 42.0 Å². The maximum atomic E-state index is 12.1. The minimum Gasteiger partial charge on any atom is -0.508 e. The summed E-state index contributed by atoms with van der Waals surface area (Å²) >= 11 is 0. The molecule has 0 unspecified atom stereocenters. The molecule has 0 atom stereocenters. The van der Waals surface area contributed by atoms with E-state index >= 15 is 0 Å². The zero-order valence-corrected chi connectivity index (χ0v) is 12.7. The van der Waals surface area contributed by atoms with Crippen molar-refractivity contribution in [2.45, 2.75) is 13.5 Å². The summed E-state index contributed by atoms with van der Waals surface area (Å²) in [5.41, 5.74) is 2.94. The van der Waals surface area contributed by atoms with Gasteiger partial charge in [-0.15, -0.1) is 0 Å². The van der Waals surface area contributed by atoms with Crippen LogP contribution in [0.4, 0.5) is 0 Å². The van der Waals surface area contributed by atoms with Crippen LogP contribution >= 0.6 is 0 Å². The first-order chi connectivity index (χ1) is 11.1. The molecule has 0 aliphatic carbocycles. The summed E-state index contributed by atoms with van der Waals surface area (Å²) in [7, 11) is 0. The molecular weight excluding hydrogens is 290 g/mol. The van der Waals surface area contributed by atoms with Crippen molar-refractivity contribution in [1.82, 2.24) is 5.32 Å². The number of carbonyl (C=O) groups excluding carboxylic acids is 1. The quantitative estimate of drug-likeness (QED) is 0.768. The van der Waals surface area contributed by atoms with Gasteiger partial charge in [-0.2, -0.15) is 0 Å². The molecule has 0 radical (unpaired) electrons. The number of amides is 1. The number of phenols is 1. The second-order valence-corrected chi connectivity index (χ2v) is 5.38. The standard InChI is InChI=1S/C19H17NO3/c1-13-5-7-14(8-6-13)12-20-19(22)18-10-9-17(23-18)15-3-2-4-16(21)11-15/h2-11,21H,12H2,1H3,(H,20,22). The van der Waals surface area contributed by atoms with Gasteiger partial charge in [0.15, 0.2) is 5.76 Å². The Morgan fingerprint density at radius 3 is 2.61 bits per heavy atom. The summed E-state index contributed by atoms with van der Waals surface area (Å²) in [6.07, 6.45) is 0. The largest absolute Gasteiger partial charge is 0.508 e. The van der Waals surface area contributed by atoms with Gasteiger partial charge in [-0.05, 0) is 36.8 Å². The van der Waals surface area contributed by atoms with Crippen LogP contribution in [0.15, 0.2) is 65.1 Å². The second kappa shape index (κ2) is 6.40. The fourth-order valence-electron chi connectivity index (χ4n) is 2.25. The number of hydrogen-bond donors (Lipinski definition) is 2. The van der Waals surface area contributed by atoms with Crippen LogP contribution in [0.3, 0.4) is 0 Å². The summed E-state index contributed by atoms with van der Waals surface area (Å²) in [5, 5.41) is 12.3. The maximum Gasteiger partial charge on any atom is 0.287 e. The number of aryl methyl sites for hydroxylation is 1. The van der Waals surface area contributed by atoms with Gasteiger partial charge in [-0.3, -0.25) is 4.79 Å². The molecule has 0 fully saturated rings. The van der Waals surface area contributed by atoms with Gasteiger partial charge < -0.3 is 14.8 Å². The molecule has 0 spiro atoms. The molecule has 1 heterocycles. The van der Waals surface area contributed by atoms with Gasteiger partial charge in [-0.25, -0.2) is 0 Å². The normalized spacial score (nSPS) is 10.5. The number of nitrogens with one attached hydrogen (secondary N) is 1. The van der Waals surface area contributed by atoms with E-state index in [9.17, 15) is 9.90 Å². The Hall–Kier alpha value is -3.01. The molecule has 0 bridgehead atoms. The highest BCUT2D eigenvalue weighted by molar-refractivity contribution is 5.92. The third-order valence-electron chi connectivity index (χ3n) is 3.53. The number of furan rings is 1. The highest BCUT2D eigenvalue weighted by Gasteiger charge is 2.12. The Labute approximate surface area is 134 Å². The molecule has 0 aliphatic heterocycles. The number of benzene rings is 2. The lowest BCUT2D eigenvalue weighted by Crippen LogP contribution is -2.22. The van der Waals surface area contributed by atoms with Gasteiger partial charge in [0.05, 0.1) is 0 Å². The molecule has 3 aromatic rings. The van der Waals surface area contributed by atoms with E-state index in [0.29, 0.717) is 12.3 Å². The monoisotopic (exact) mass is 307 g/mol. The average molecular weight is 307 g/mol. The summed E-state index contributed by atoms with van der Waals surface area (Å²) in [4.78, 5) is 12.1. The lowest BCUT2D eigenvalue weighted by molar-refractivity contribution is 0.0924. The number of phenolic OH excluding ortho intramolecular Hbond substituents is 1. The average Bonchev–Trinajstić information content (AvgIpc) is 3.04. The minimum atomic E-state index is -0.267. The summed E-state index contributed by atoms with van der Waals surface area (Å²) in [5.74, 6) is 0.679. The Kier molecular flexibility index (Phi) is 4.15. The van der Waals surface area contributed by atoms with Crippen LogP contribution in [-0.4, -0.2) is 11.0 Å². The first kappa shape index (κ1) is 14.9. The van der Waals surface area contributed by atoms with Gasteiger partial charge in [0, 0.05) is 12.1 Å². The molecule has 1 aromatic heterocycles. The second-order valence-electron chi connectivity index (χ2n) is 5.38. The molecule has 4 nitrogen and oxygen atoms in total. The van der Waals surface area contributed by atoms with E-state index in [4.69, 9.17) is 4.42 Å². The predicted octanol–water partition coefficient (Wildman–Crippen LogP) is 3.89. The topological polar surface area (TPSA) is 62.5 Å². The molecule has 0 saturated heterocycles. The molecule has 0 saturated carbocycles. The zero-order valence-electron chi connectivity index (χ0n) is 12.7. The fourth-order valence-corrected chi connectivity index (χ4v) is 2.25. The van der Waals surface area contributed by atoms with E-state index in [2.05, 4.69) is 5.32 Å². The molecule has 4 heteroatoms. The molecule has 0 aliphatic rings. The number of aromatic hydroxyl groups is 1. The lowest BCUT2D eigenvalue weighted by atomic mass is 10.1. The van der Waals surface area contributed by atoms with Crippen LogP contribution in [0.1, 0.15) is 21.7 Å². The van der Waals surface area contributed by atoms with Crippen LogP contribution in [0.2, 0.25) is 0 Å². The number of carbonyl (C=O) groups is 1. The first-order valence-corrected chi connectivity index (χ1v) is 7.35. The molecule has 116 valence electrons. The smallest absolute Gasteiger partial charge is 0.287 e. The number of hydrogen-bond acceptors (Lipinski definition) is 3. The van der Waals surface area contributed by atoms with Gasteiger partial charge in [0.2, 0.25) is 0 Å². The van der Waals surface area contributed by atoms with Crippen molar-refractivity contribution in [2.75, 3.05) is 0 Å². The van der Waals surface area contributed by atoms with Gasteiger partial charge in [0.1, 0.15) is 11.5 Å². The van der Waals surface area contributed by atoms with Crippen LogP contribution in [0, 0.1) is 6.92 Å². The third-order valence-corrected chi connectivity index (χ3v) is 3.53. The summed E-state index contributed by atoms with van der Waals surface area (Å²) in [6.45, 7) is 2.47. The van der Waals surface area contributed by atoms with Crippen LogP contribution < -0.4 is 5.32 Å². The first-order valence-electron chi connectivity index (χ1n) is 7.35. The van der Waals surface area contributed by atoms with Crippen molar-refractivity contribution in [2.24, 2.45) is 0 Å². The summed E-state index contributed by atoms with van der Waals surface area (Å²) < 4.78 is 5.57. The van der Waals surface area contributed by atoms with Crippen molar-refractivity contribution in [3.05, 3.63) is 77.6 Å². The predicted molar refractivity (Wildman–Crippen MR) is 88.2 cm³/mol. The molecule has 3 rings (SSSR count). The highest BCUT2D eigenvalue weighted by atomic mass is 16.4. The van der Waals surface area contributed by atoms with Crippen LogP contribution in [0.25, 0.3) is 11.3 Å². The Morgan fingerprint density at radius 1 is 1.09 bits per heavy atom. The van der Waals surface area contributed by atoms with Gasteiger partial charge >= 0.3 is 0 Å². The molecule has 23 heavy (non-hydrogen) atoms. The summed E-state index contributed by atoms with van der Waals surface area (Å²) in [6, 6.07) is 18.0. The minimum absolute atomic E-state index is 0.157. The van der Waals surface area contributed by atoms with Crippen molar-refractivity contribution in [3.8, 4) is 17.1 Å². The van der Waals surface area contributed by atoms with Crippen molar-refractivity contribution >= 4 is 5.91 Å². The molecule has 2 N–H and O–H groups in total. The van der Waals surface area contributed by atoms with E-state index in [1.807, 2.05) is 37.3 Å². The highest BCUT2D eigenvalue weighted by Crippen LogP contribution is 2.25.